The van der Waals surface area contributed by atoms with Crippen molar-refractivity contribution >= 4 is 23.9 Å². The molecule has 0 bridgehead atoms. The lowest BCUT2D eigenvalue weighted by Gasteiger charge is -2.27. The predicted molar refractivity (Wildman–Crippen MR) is 71.9 cm³/mol. The molecule has 0 radical (unpaired) electrons. The molecule has 0 aromatic rings. The van der Waals surface area contributed by atoms with E-state index >= 15 is 0 Å². The van der Waals surface area contributed by atoms with E-state index in [9.17, 15) is 19.2 Å². The average Bonchev–Trinajstić information content (AvgIpc) is 2.31. The highest BCUT2D eigenvalue weighted by Gasteiger charge is 2.36. The van der Waals surface area contributed by atoms with E-state index in [2.05, 4.69) is 9.47 Å². The van der Waals surface area contributed by atoms with Crippen LogP contribution in [0.4, 0.5) is 0 Å². The number of hydrogen-bond acceptors (Lipinski definition) is 7. The van der Waals surface area contributed by atoms with Crippen LogP contribution in [-0.2, 0) is 33.4 Å². The summed E-state index contributed by atoms with van der Waals surface area (Å²) < 4.78 is 14.0. The number of carbonyl (C=O) groups excluding carboxylic acids is 4. The zero-order valence-corrected chi connectivity index (χ0v) is 12.8. The molecule has 7 nitrogen and oxygen atoms in total. The number of esters is 4. The Morgan fingerprint density at radius 1 is 1.05 bits per heavy atom. The van der Waals surface area contributed by atoms with Crippen LogP contribution >= 0.6 is 0 Å². The Morgan fingerprint density at radius 2 is 1.57 bits per heavy atom. The SMILES string of the molecule is CCOC(=O)/C=C\C(=O)OC(C(=O)OC(C)=O)C(C)(C)C. The quantitative estimate of drug-likeness (QED) is 0.325. The first-order valence-corrected chi connectivity index (χ1v) is 6.35. The van der Waals surface area contributed by atoms with Crippen molar-refractivity contribution in [2.45, 2.75) is 40.7 Å². The Balaban J connectivity index is 4.83. The Morgan fingerprint density at radius 3 is 2.00 bits per heavy atom. The van der Waals surface area contributed by atoms with Gasteiger partial charge in [-0.1, -0.05) is 20.8 Å². The van der Waals surface area contributed by atoms with Crippen LogP contribution in [0.1, 0.15) is 34.6 Å². The number of ether oxygens (including phenoxy) is 3. The molecule has 0 saturated heterocycles. The summed E-state index contributed by atoms with van der Waals surface area (Å²) in [4.78, 5) is 45.2. The molecule has 0 aromatic heterocycles. The summed E-state index contributed by atoms with van der Waals surface area (Å²) in [5, 5.41) is 0. The number of carbonyl (C=O) groups is 4. The molecule has 1 atom stereocenters. The second kappa shape index (κ2) is 8.18. The first-order chi connectivity index (χ1) is 9.57. The molecule has 0 saturated carbocycles. The summed E-state index contributed by atoms with van der Waals surface area (Å²) in [7, 11) is 0. The van der Waals surface area contributed by atoms with Crippen LogP contribution in [0, 0.1) is 5.41 Å². The summed E-state index contributed by atoms with van der Waals surface area (Å²) >= 11 is 0. The summed E-state index contributed by atoms with van der Waals surface area (Å²) in [5.74, 6) is -3.38. The molecule has 0 aliphatic carbocycles. The third-order valence-corrected chi connectivity index (χ3v) is 2.12. The van der Waals surface area contributed by atoms with Crippen LogP contribution in [-0.4, -0.2) is 36.6 Å². The highest BCUT2D eigenvalue weighted by atomic mass is 16.6. The van der Waals surface area contributed by atoms with Crippen molar-refractivity contribution in [2.75, 3.05) is 6.61 Å². The smallest absolute Gasteiger partial charge is 0.355 e. The van der Waals surface area contributed by atoms with Gasteiger partial charge in [-0.25, -0.2) is 14.4 Å². The molecule has 118 valence electrons. The van der Waals surface area contributed by atoms with Gasteiger partial charge >= 0.3 is 23.9 Å². The maximum atomic E-state index is 11.7. The lowest BCUT2D eigenvalue weighted by atomic mass is 9.89. The van der Waals surface area contributed by atoms with Crippen molar-refractivity contribution in [3.63, 3.8) is 0 Å². The minimum atomic E-state index is -1.28. The lowest BCUT2D eigenvalue weighted by Crippen LogP contribution is -2.40. The molecule has 0 spiro atoms. The molecule has 0 aromatic carbocycles. The minimum Gasteiger partial charge on any atom is -0.463 e. The van der Waals surface area contributed by atoms with Gasteiger partial charge in [0.05, 0.1) is 6.61 Å². The fourth-order valence-corrected chi connectivity index (χ4v) is 1.26. The molecule has 0 N–H and O–H groups in total. The van der Waals surface area contributed by atoms with Gasteiger partial charge < -0.3 is 14.2 Å². The van der Waals surface area contributed by atoms with E-state index in [0.717, 1.165) is 19.1 Å². The maximum Gasteiger partial charge on any atom is 0.355 e. The van der Waals surface area contributed by atoms with Gasteiger partial charge in [-0.15, -0.1) is 0 Å². The molecule has 0 fully saturated rings. The largest absolute Gasteiger partial charge is 0.463 e. The topological polar surface area (TPSA) is 96.0 Å². The van der Waals surface area contributed by atoms with E-state index < -0.39 is 35.4 Å². The lowest BCUT2D eigenvalue weighted by molar-refractivity contribution is -0.177. The standard InChI is InChI=1S/C14H20O7/c1-6-19-10(16)7-8-11(17)21-12(14(3,4)5)13(18)20-9(2)15/h7-8,12H,6H2,1-5H3/b8-7-. The molecule has 0 rings (SSSR count). The molecular weight excluding hydrogens is 280 g/mol. The minimum absolute atomic E-state index is 0.174. The molecule has 1 unspecified atom stereocenters. The number of hydrogen-bond donors (Lipinski definition) is 0. The summed E-state index contributed by atoms with van der Waals surface area (Å²) in [6.45, 7) is 7.79. The van der Waals surface area contributed by atoms with Crippen molar-refractivity contribution in [2.24, 2.45) is 5.41 Å². The zero-order chi connectivity index (χ0) is 16.6. The van der Waals surface area contributed by atoms with Crippen molar-refractivity contribution in [3.8, 4) is 0 Å². The third kappa shape index (κ3) is 7.86. The Hall–Kier alpha value is -2.18. The van der Waals surface area contributed by atoms with Crippen LogP contribution in [0.25, 0.3) is 0 Å². The second-order valence-corrected chi connectivity index (χ2v) is 5.18. The van der Waals surface area contributed by atoms with Gasteiger partial charge in [0.2, 0.25) is 6.10 Å². The van der Waals surface area contributed by atoms with Crippen LogP contribution in [0.3, 0.4) is 0 Å². The highest BCUT2D eigenvalue weighted by molar-refractivity contribution is 5.94. The normalized spacial score (nSPS) is 12.6. The van der Waals surface area contributed by atoms with Crippen molar-refractivity contribution < 1.29 is 33.4 Å². The Kier molecular flexibility index (Phi) is 7.33. The summed E-state index contributed by atoms with van der Waals surface area (Å²) in [6.07, 6.45) is 0.459. The summed E-state index contributed by atoms with van der Waals surface area (Å²) in [6, 6.07) is 0. The van der Waals surface area contributed by atoms with Gasteiger partial charge in [0.15, 0.2) is 0 Å². The van der Waals surface area contributed by atoms with E-state index in [1.165, 1.54) is 0 Å². The molecule has 0 aliphatic heterocycles. The molecule has 21 heavy (non-hydrogen) atoms. The molecule has 7 heteroatoms. The van der Waals surface area contributed by atoms with E-state index in [-0.39, 0.29) is 6.61 Å². The van der Waals surface area contributed by atoms with Crippen LogP contribution in [0.5, 0.6) is 0 Å². The monoisotopic (exact) mass is 300 g/mol. The van der Waals surface area contributed by atoms with Gasteiger partial charge in [-0.05, 0) is 6.92 Å². The van der Waals surface area contributed by atoms with Crippen molar-refractivity contribution in [1.82, 2.24) is 0 Å². The first-order valence-electron chi connectivity index (χ1n) is 6.35. The van der Waals surface area contributed by atoms with Crippen LogP contribution < -0.4 is 0 Å². The van der Waals surface area contributed by atoms with Gasteiger partial charge in [-0.3, -0.25) is 4.79 Å². The summed E-state index contributed by atoms with van der Waals surface area (Å²) in [5.41, 5.74) is -0.778. The Bertz CT molecular complexity index is 443. The van der Waals surface area contributed by atoms with Crippen LogP contribution in [0.15, 0.2) is 12.2 Å². The highest BCUT2D eigenvalue weighted by Crippen LogP contribution is 2.23. The fourth-order valence-electron chi connectivity index (χ4n) is 1.26. The van der Waals surface area contributed by atoms with Gasteiger partial charge in [0.1, 0.15) is 0 Å². The predicted octanol–water partition coefficient (Wildman–Crippen LogP) is 1.15. The van der Waals surface area contributed by atoms with Gasteiger partial charge in [0.25, 0.3) is 0 Å². The van der Waals surface area contributed by atoms with Gasteiger partial charge in [-0.2, -0.15) is 0 Å². The van der Waals surface area contributed by atoms with Crippen LogP contribution in [0.2, 0.25) is 0 Å². The number of rotatable bonds is 5. The van der Waals surface area contributed by atoms with E-state index in [0.29, 0.717) is 0 Å². The molecule has 0 aliphatic rings. The zero-order valence-electron chi connectivity index (χ0n) is 12.8. The van der Waals surface area contributed by atoms with E-state index in [1.54, 1.807) is 27.7 Å². The molecule has 0 heterocycles. The average molecular weight is 300 g/mol. The van der Waals surface area contributed by atoms with Crippen molar-refractivity contribution in [1.29, 1.82) is 0 Å². The first kappa shape index (κ1) is 18.8. The van der Waals surface area contributed by atoms with Gasteiger partial charge in [0, 0.05) is 24.5 Å². The third-order valence-electron chi connectivity index (χ3n) is 2.12. The maximum absolute atomic E-state index is 11.7. The molecule has 0 amide bonds. The second-order valence-electron chi connectivity index (χ2n) is 5.18. The van der Waals surface area contributed by atoms with E-state index in [1.807, 2.05) is 0 Å². The molecular formula is C14H20O7. The fraction of sp³-hybridized carbons (Fsp3) is 0.571. The van der Waals surface area contributed by atoms with E-state index in [4.69, 9.17) is 4.74 Å². The Labute approximate surface area is 123 Å². The van der Waals surface area contributed by atoms with Crippen molar-refractivity contribution in [3.05, 3.63) is 12.2 Å².